The van der Waals surface area contributed by atoms with Crippen molar-refractivity contribution in [3.8, 4) is 50.7 Å². The van der Waals surface area contributed by atoms with Crippen molar-refractivity contribution >= 4 is 11.4 Å². The largest absolute Gasteiger partial charge is 0.287 e. The van der Waals surface area contributed by atoms with E-state index in [-0.39, 0.29) is 0 Å². The smallest absolute Gasteiger partial charge is 0.157 e. The number of para-hydroxylation sites is 1. The summed E-state index contributed by atoms with van der Waals surface area (Å²) < 4.78 is 7.38. The summed E-state index contributed by atoms with van der Waals surface area (Å²) in [6.45, 7) is 0. The highest BCUT2D eigenvalue weighted by Crippen LogP contribution is 2.41. The van der Waals surface area contributed by atoms with Crippen LogP contribution in [-0.2, 0) is 6.42 Å². The van der Waals surface area contributed by atoms with E-state index in [0.29, 0.717) is 0 Å². The summed E-state index contributed by atoms with van der Waals surface area (Å²) in [7, 11) is 0. The number of allylic oxidation sites excluding steroid dienone is 1. The summed E-state index contributed by atoms with van der Waals surface area (Å²) >= 11 is 0. The van der Waals surface area contributed by atoms with Crippen LogP contribution in [0.1, 0.15) is 11.1 Å². The Morgan fingerprint density at radius 1 is 0.410 bits per heavy atom. The van der Waals surface area contributed by atoms with Crippen molar-refractivity contribution in [3.05, 3.63) is 145 Å². The van der Waals surface area contributed by atoms with Crippen LogP contribution in [0.2, 0.25) is 0 Å². The second-order valence-corrected chi connectivity index (χ2v) is 10.4. The van der Waals surface area contributed by atoms with Crippen LogP contribution >= 0.6 is 0 Å². The molecule has 0 fully saturated rings. The summed E-state index contributed by atoms with van der Waals surface area (Å²) in [6, 6.07) is 44.6. The molecular weight excluding hydrogens is 474 g/mol. The molecule has 0 saturated carbocycles. The average molecular weight is 499 g/mol. The number of nitrogens with zero attached hydrogens (tertiary/aromatic N) is 3. The van der Waals surface area contributed by atoms with Crippen LogP contribution in [0.4, 0.5) is 0 Å². The molecule has 6 aromatic rings. The van der Waals surface area contributed by atoms with Crippen LogP contribution in [0.5, 0.6) is 0 Å². The van der Waals surface area contributed by atoms with Crippen LogP contribution in [-0.4, -0.2) is 0 Å². The molecular formula is C36H24N3+3. The highest BCUT2D eigenvalue weighted by molar-refractivity contribution is 5.89. The number of hydrogen-bond acceptors (Lipinski definition) is 0. The standard InChI is InChI=1S/C36H24N3/c1-2-12-25-24(11-1)23-34-36-27-14-4-3-13-26(27)33-20-10-19-32(25)39(33)35-28(30-17-5-7-21-37(30)34)15-9-16-29(35)31-18-6-8-22-38(31)36/h1-22H,23H2/q+3/b30-28?,33-26?,36-27?,36-34-,37-34?,39-35?. The van der Waals surface area contributed by atoms with Gasteiger partial charge in [0, 0.05) is 36.4 Å². The molecule has 3 nitrogen and oxygen atoms in total. The van der Waals surface area contributed by atoms with E-state index in [4.69, 9.17) is 0 Å². The molecule has 0 N–H and O–H groups in total. The molecule has 0 amide bonds. The van der Waals surface area contributed by atoms with Crippen LogP contribution in [0, 0.1) is 0 Å². The molecule has 0 unspecified atom stereocenters. The molecule has 3 aromatic heterocycles. The second-order valence-electron chi connectivity index (χ2n) is 10.4. The van der Waals surface area contributed by atoms with Gasteiger partial charge in [-0.2, -0.15) is 13.7 Å². The van der Waals surface area contributed by atoms with Gasteiger partial charge in [0.25, 0.3) is 11.4 Å². The van der Waals surface area contributed by atoms with Crippen LogP contribution in [0.25, 0.3) is 62.1 Å². The minimum Gasteiger partial charge on any atom is -0.157 e. The van der Waals surface area contributed by atoms with E-state index in [1.807, 2.05) is 0 Å². The fraction of sp³-hybridized carbons (Fsp3) is 0.0278. The molecule has 3 heteroatoms. The Labute approximate surface area is 226 Å². The van der Waals surface area contributed by atoms with Crippen LogP contribution in [0.15, 0.2) is 134 Å². The first-order chi connectivity index (χ1) is 19.4. The number of benzene rings is 3. The predicted octanol–water partition coefficient (Wildman–Crippen LogP) is 6.26. The Morgan fingerprint density at radius 2 is 0.949 bits per heavy atom. The Hall–Kier alpha value is -5.15. The van der Waals surface area contributed by atoms with E-state index in [1.165, 1.54) is 73.2 Å². The van der Waals surface area contributed by atoms with E-state index in [0.717, 1.165) is 6.42 Å². The van der Waals surface area contributed by atoms with Gasteiger partial charge in [-0.05, 0) is 54.1 Å². The quantitative estimate of drug-likeness (QED) is 0.219. The SMILES string of the molecule is c1ccc2c(c1)C/C1=C3\c4ccccc4-c4cccc-2[n+]4-c2c(cccc2-c2cccc[n+]23)-c2cccc[n+]21. The second kappa shape index (κ2) is 7.68. The van der Waals surface area contributed by atoms with Crippen molar-refractivity contribution in [2.45, 2.75) is 6.42 Å². The van der Waals surface area contributed by atoms with Gasteiger partial charge in [0.15, 0.2) is 12.4 Å². The summed E-state index contributed by atoms with van der Waals surface area (Å²) in [6.07, 6.45) is 5.26. The maximum Gasteiger partial charge on any atom is 0.287 e. The van der Waals surface area contributed by atoms with Gasteiger partial charge < -0.3 is 0 Å². The van der Waals surface area contributed by atoms with Crippen LogP contribution < -0.4 is 13.7 Å². The van der Waals surface area contributed by atoms with Gasteiger partial charge in [-0.15, -0.1) is 0 Å². The number of aromatic nitrogens is 3. The maximum atomic E-state index is 2.52. The van der Waals surface area contributed by atoms with E-state index in [1.54, 1.807) is 0 Å². The lowest BCUT2D eigenvalue weighted by Gasteiger charge is -2.19. The first kappa shape index (κ1) is 20.9. The van der Waals surface area contributed by atoms with E-state index >= 15 is 0 Å². The van der Waals surface area contributed by atoms with Gasteiger partial charge in [0.05, 0.1) is 23.1 Å². The molecule has 0 aliphatic carbocycles. The highest BCUT2D eigenvalue weighted by Gasteiger charge is 2.44. The van der Waals surface area contributed by atoms with Gasteiger partial charge in [0.2, 0.25) is 28.5 Å². The Kier molecular flexibility index (Phi) is 4.11. The highest BCUT2D eigenvalue weighted by atomic mass is 15.1. The molecule has 3 aromatic carbocycles. The number of hydrogen-bond donors (Lipinski definition) is 0. The van der Waals surface area contributed by atoms with Crippen molar-refractivity contribution in [1.82, 2.24) is 0 Å². The molecule has 8 bridgehead atoms. The first-order valence-electron chi connectivity index (χ1n) is 13.5. The van der Waals surface area contributed by atoms with Crippen molar-refractivity contribution < 1.29 is 13.7 Å². The van der Waals surface area contributed by atoms with Gasteiger partial charge >= 0.3 is 0 Å². The minimum absolute atomic E-state index is 0.790. The third-order valence-corrected chi connectivity index (χ3v) is 8.44. The Morgan fingerprint density at radius 3 is 1.74 bits per heavy atom. The summed E-state index contributed by atoms with van der Waals surface area (Å²) in [5, 5.41) is 0. The molecule has 0 radical (unpaired) electrons. The van der Waals surface area contributed by atoms with E-state index in [9.17, 15) is 0 Å². The Bertz CT molecular complexity index is 2050. The fourth-order valence-corrected chi connectivity index (χ4v) is 6.85. The molecule has 0 atom stereocenters. The first-order valence-corrected chi connectivity index (χ1v) is 13.5. The lowest BCUT2D eigenvalue weighted by Crippen LogP contribution is -2.44. The molecule has 7 heterocycles. The summed E-state index contributed by atoms with van der Waals surface area (Å²) in [5.41, 5.74) is 16.0. The fourth-order valence-electron chi connectivity index (χ4n) is 6.85. The van der Waals surface area contributed by atoms with Gasteiger partial charge in [-0.25, -0.2) is 0 Å². The summed E-state index contributed by atoms with van der Waals surface area (Å²) in [4.78, 5) is 0. The molecule has 0 saturated heterocycles. The summed E-state index contributed by atoms with van der Waals surface area (Å²) in [5.74, 6) is 0. The normalized spacial score (nSPS) is 15.3. The molecule has 180 valence electrons. The molecule has 0 spiro atoms. The van der Waals surface area contributed by atoms with E-state index < -0.39 is 0 Å². The lowest BCUT2D eigenvalue weighted by atomic mass is 9.91. The van der Waals surface area contributed by atoms with Crippen molar-refractivity contribution in [3.63, 3.8) is 0 Å². The molecule has 39 heavy (non-hydrogen) atoms. The van der Waals surface area contributed by atoms with Gasteiger partial charge in [0.1, 0.15) is 11.1 Å². The van der Waals surface area contributed by atoms with Crippen LogP contribution in [0.3, 0.4) is 0 Å². The maximum absolute atomic E-state index is 2.52. The Balaban J connectivity index is 1.70. The zero-order valence-electron chi connectivity index (χ0n) is 21.3. The molecule has 4 aliphatic heterocycles. The van der Waals surface area contributed by atoms with Crippen molar-refractivity contribution in [1.29, 1.82) is 0 Å². The van der Waals surface area contributed by atoms with Gasteiger partial charge in [-0.1, -0.05) is 36.4 Å². The third-order valence-electron chi connectivity index (χ3n) is 8.44. The monoisotopic (exact) mass is 498 g/mol. The zero-order valence-corrected chi connectivity index (χ0v) is 21.3. The number of pyridine rings is 3. The third kappa shape index (κ3) is 2.74. The van der Waals surface area contributed by atoms with Crippen molar-refractivity contribution in [2.24, 2.45) is 0 Å². The topological polar surface area (TPSA) is 11.6 Å². The number of rotatable bonds is 0. The predicted molar refractivity (Wildman–Crippen MR) is 152 cm³/mol. The molecule has 10 rings (SSSR count). The van der Waals surface area contributed by atoms with E-state index in [2.05, 4.69) is 147 Å². The lowest BCUT2D eigenvalue weighted by molar-refractivity contribution is -0.598. The average Bonchev–Trinajstić information content (AvgIpc) is 3.04. The minimum atomic E-state index is 0.790. The van der Waals surface area contributed by atoms with Crippen molar-refractivity contribution in [2.75, 3.05) is 0 Å². The van der Waals surface area contributed by atoms with Gasteiger partial charge in [-0.3, -0.25) is 0 Å². The molecule has 4 aliphatic rings. The zero-order chi connectivity index (χ0) is 25.5.